The summed E-state index contributed by atoms with van der Waals surface area (Å²) < 4.78 is 5.09. The zero-order valence-electron chi connectivity index (χ0n) is 11.9. The Morgan fingerprint density at radius 1 is 1.14 bits per heavy atom. The van der Waals surface area contributed by atoms with E-state index in [0.717, 1.165) is 0 Å². The SMILES string of the molecule is COc1ccc(C(=O)N(C)c2ccccc2C(N)=S)cc1. The summed E-state index contributed by atoms with van der Waals surface area (Å²) in [5.74, 6) is 0.569. The van der Waals surface area contributed by atoms with Gasteiger partial charge in [0.15, 0.2) is 0 Å². The Labute approximate surface area is 129 Å². The van der Waals surface area contributed by atoms with E-state index in [-0.39, 0.29) is 10.9 Å². The number of hydrogen-bond acceptors (Lipinski definition) is 3. The van der Waals surface area contributed by atoms with E-state index in [0.29, 0.717) is 22.6 Å². The predicted molar refractivity (Wildman–Crippen MR) is 88.1 cm³/mol. The van der Waals surface area contributed by atoms with Crippen molar-refractivity contribution in [2.24, 2.45) is 5.73 Å². The second kappa shape index (κ2) is 6.37. The van der Waals surface area contributed by atoms with Gasteiger partial charge in [-0.25, -0.2) is 0 Å². The van der Waals surface area contributed by atoms with E-state index in [1.165, 1.54) is 4.90 Å². The number of methoxy groups -OCH3 is 1. The van der Waals surface area contributed by atoms with Crippen molar-refractivity contribution in [3.63, 3.8) is 0 Å². The number of rotatable bonds is 4. The fraction of sp³-hybridized carbons (Fsp3) is 0.125. The highest BCUT2D eigenvalue weighted by Crippen LogP contribution is 2.21. The minimum Gasteiger partial charge on any atom is -0.497 e. The molecule has 2 aromatic carbocycles. The molecule has 0 aliphatic heterocycles. The number of carbonyl (C=O) groups is 1. The normalized spacial score (nSPS) is 10.0. The van der Waals surface area contributed by atoms with Crippen LogP contribution in [0.1, 0.15) is 15.9 Å². The van der Waals surface area contributed by atoms with Gasteiger partial charge < -0.3 is 15.4 Å². The summed E-state index contributed by atoms with van der Waals surface area (Å²) in [5.41, 5.74) is 7.64. The Morgan fingerprint density at radius 2 is 1.76 bits per heavy atom. The molecule has 5 heteroatoms. The van der Waals surface area contributed by atoms with Crippen molar-refractivity contribution < 1.29 is 9.53 Å². The number of benzene rings is 2. The van der Waals surface area contributed by atoms with Gasteiger partial charge in [-0.3, -0.25) is 4.79 Å². The molecule has 0 bridgehead atoms. The van der Waals surface area contributed by atoms with Crippen LogP contribution >= 0.6 is 12.2 Å². The maximum atomic E-state index is 12.5. The summed E-state index contributed by atoms with van der Waals surface area (Å²) in [5, 5.41) is 0. The number of ether oxygens (including phenoxy) is 1. The Kier molecular flexibility index (Phi) is 4.55. The third-order valence-electron chi connectivity index (χ3n) is 3.17. The quantitative estimate of drug-likeness (QED) is 0.882. The first-order chi connectivity index (χ1) is 10.0. The molecule has 0 saturated heterocycles. The Balaban J connectivity index is 2.32. The fourth-order valence-electron chi connectivity index (χ4n) is 2.01. The Morgan fingerprint density at radius 3 is 2.33 bits per heavy atom. The number of nitrogens with two attached hydrogens (primary N) is 1. The molecule has 0 spiro atoms. The van der Waals surface area contributed by atoms with E-state index in [9.17, 15) is 4.79 Å². The second-order valence-electron chi connectivity index (χ2n) is 4.47. The number of carbonyl (C=O) groups excluding carboxylic acids is 1. The van der Waals surface area contributed by atoms with Gasteiger partial charge >= 0.3 is 0 Å². The Hall–Kier alpha value is -2.40. The first kappa shape index (κ1) is 15.0. The predicted octanol–water partition coefficient (Wildman–Crippen LogP) is 2.61. The monoisotopic (exact) mass is 300 g/mol. The van der Waals surface area contributed by atoms with Gasteiger partial charge in [0.05, 0.1) is 12.8 Å². The van der Waals surface area contributed by atoms with Crippen LogP contribution in [0, 0.1) is 0 Å². The standard InChI is InChI=1S/C16H16N2O2S/c1-18(14-6-4-3-5-13(14)15(17)21)16(19)11-7-9-12(20-2)10-8-11/h3-10H,1-2H3,(H2,17,21). The highest BCUT2D eigenvalue weighted by molar-refractivity contribution is 7.80. The van der Waals surface area contributed by atoms with Crippen LogP contribution in [0.2, 0.25) is 0 Å². The minimum atomic E-state index is -0.138. The van der Waals surface area contributed by atoms with E-state index in [1.54, 1.807) is 44.5 Å². The maximum Gasteiger partial charge on any atom is 0.258 e. The molecule has 0 atom stereocenters. The molecule has 2 rings (SSSR count). The van der Waals surface area contributed by atoms with Crippen molar-refractivity contribution in [1.29, 1.82) is 0 Å². The molecular formula is C16H16N2O2S. The lowest BCUT2D eigenvalue weighted by molar-refractivity contribution is 0.0993. The van der Waals surface area contributed by atoms with E-state index < -0.39 is 0 Å². The summed E-state index contributed by atoms with van der Waals surface area (Å²) in [6.45, 7) is 0. The topological polar surface area (TPSA) is 55.6 Å². The number of anilines is 1. The smallest absolute Gasteiger partial charge is 0.258 e. The fourth-order valence-corrected chi connectivity index (χ4v) is 2.18. The van der Waals surface area contributed by atoms with E-state index in [2.05, 4.69) is 0 Å². The highest BCUT2D eigenvalue weighted by Gasteiger charge is 2.17. The van der Waals surface area contributed by atoms with Crippen molar-refractivity contribution in [3.8, 4) is 5.75 Å². The summed E-state index contributed by atoms with van der Waals surface area (Å²) in [6.07, 6.45) is 0. The summed E-state index contributed by atoms with van der Waals surface area (Å²) in [7, 11) is 3.28. The molecule has 0 fully saturated rings. The van der Waals surface area contributed by atoms with Crippen LogP contribution in [0.5, 0.6) is 5.75 Å². The molecule has 108 valence electrons. The molecule has 0 unspecified atom stereocenters. The van der Waals surface area contributed by atoms with Crippen molar-refractivity contribution in [2.45, 2.75) is 0 Å². The highest BCUT2D eigenvalue weighted by atomic mass is 32.1. The molecule has 1 amide bonds. The first-order valence-electron chi connectivity index (χ1n) is 6.35. The van der Waals surface area contributed by atoms with Crippen molar-refractivity contribution in [3.05, 3.63) is 59.7 Å². The summed E-state index contributed by atoms with van der Waals surface area (Å²) in [4.78, 5) is 14.3. The molecular weight excluding hydrogens is 284 g/mol. The van der Waals surface area contributed by atoms with Gasteiger partial charge in [0.2, 0.25) is 0 Å². The molecule has 2 N–H and O–H groups in total. The average molecular weight is 300 g/mol. The van der Waals surface area contributed by atoms with E-state index in [1.807, 2.05) is 18.2 Å². The van der Waals surface area contributed by atoms with Gasteiger partial charge in [-0.2, -0.15) is 0 Å². The van der Waals surface area contributed by atoms with Gasteiger partial charge in [-0.05, 0) is 36.4 Å². The second-order valence-corrected chi connectivity index (χ2v) is 4.91. The van der Waals surface area contributed by atoms with Crippen LogP contribution in [-0.2, 0) is 0 Å². The molecule has 21 heavy (non-hydrogen) atoms. The Bertz CT molecular complexity index is 668. The molecule has 2 aromatic rings. The van der Waals surface area contributed by atoms with Crippen molar-refractivity contribution in [2.75, 3.05) is 19.1 Å². The van der Waals surface area contributed by atoms with Gasteiger partial charge in [-0.15, -0.1) is 0 Å². The lowest BCUT2D eigenvalue weighted by atomic mass is 10.1. The summed E-state index contributed by atoms with van der Waals surface area (Å²) >= 11 is 5.03. The molecule has 0 aliphatic rings. The maximum absolute atomic E-state index is 12.5. The molecule has 0 radical (unpaired) electrons. The van der Waals surface area contributed by atoms with Crippen molar-refractivity contribution >= 4 is 28.8 Å². The summed E-state index contributed by atoms with van der Waals surface area (Å²) in [6, 6.07) is 14.2. The van der Waals surface area contributed by atoms with Gasteiger partial charge in [0.25, 0.3) is 5.91 Å². The van der Waals surface area contributed by atoms with Gasteiger partial charge in [-0.1, -0.05) is 24.4 Å². The number of para-hydroxylation sites is 1. The van der Waals surface area contributed by atoms with Crippen LogP contribution in [-0.4, -0.2) is 25.1 Å². The third kappa shape index (κ3) is 3.20. The van der Waals surface area contributed by atoms with Gasteiger partial charge in [0, 0.05) is 18.2 Å². The third-order valence-corrected chi connectivity index (χ3v) is 3.39. The average Bonchev–Trinajstić information content (AvgIpc) is 2.53. The first-order valence-corrected chi connectivity index (χ1v) is 6.76. The number of hydrogen-bond donors (Lipinski definition) is 1. The van der Waals surface area contributed by atoms with E-state index in [4.69, 9.17) is 22.7 Å². The minimum absolute atomic E-state index is 0.138. The van der Waals surface area contributed by atoms with Crippen LogP contribution in [0.15, 0.2) is 48.5 Å². The molecule has 4 nitrogen and oxygen atoms in total. The molecule has 0 saturated carbocycles. The lowest BCUT2D eigenvalue weighted by Crippen LogP contribution is -2.28. The number of thiocarbonyl (C=S) groups is 1. The zero-order chi connectivity index (χ0) is 15.4. The van der Waals surface area contributed by atoms with Gasteiger partial charge in [0.1, 0.15) is 10.7 Å². The molecule has 0 aromatic heterocycles. The molecule has 0 aliphatic carbocycles. The number of nitrogens with zero attached hydrogens (tertiary/aromatic N) is 1. The van der Waals surface area contributed by atoms with Crippen LogP contribution in [0.4, 0.5) is 5.69 Å². The van der Waals surface area contributed by atoms with Crippen LogP contribution < -0.4 is 15.4 Å². The van der Waals surface area contributed by atoms with Crippen LogP contribution in [0.25, 0.3) is 0 Å². The lowest BCUT2D eigenvalue weighted by Gasteiger charge is -2.20. The molecule has 0 heterocycles. The van der Waals surface area contributed by atoms with Crippen LogP contribution in [0.3, 0.4) is 0 Å². The zero-order valence-corrected chi connectivity index (χ0v) is 12.7. The largest absolute Gasteiger partial charge is 0.497 e. The number of amides is 1. The van der Waals surface area contributed by atoms with Crippen molar-refractivity contribution in [1.82, 2.24) is 0 Å². The van der Waals surface area contributed by atoms with E-state index >= 15 is 0 Å².